The number of hydrogen-bond acceptors (Lipinski definition) is 5. The second-order valence-corrected chi connectivity index (χ2v) is 7.05. The monoisotopic (exact) mass is 374 g/mol. The van der Waals surface area contributed by atoms with Gasteiger partial charge >= 0.3 is 12.1 Å². The third-order valence-electron chi connectivity index (χ3n) is 3.44. The molecular weight excluding hydrogens is 350 g/mol. The van der Waals surface area contributed by atoms with E-state index in [0.29, 0.717) is 18.7 Å². The maximum atomic E-state index is 12.3. The van der Waals surface area contributed by atoms with Crippen LogP contribution in [-0.2, 0) is 21.3 Å². The van der Waals surface area contributed by atoms with E-state index in [9.17, 15) is 18.0 Å². The highest BCUT2D eigenvalue weighted by Crippen LogP contribution is 2.00. The van der Waals surface area contributed by atoms with Gasteiger partial charge in [0.2, 0.25) is 0 Å². The van der Waals surface area contributed by atoms with E-state index in [-0.39, 0.29) is 24.8 Å². The summed E-state index contributed by atoms with van der Waals surface area (Å²) in [7, 11) is -0.811. The van der Waals surface area contributed by atoms with Gasteiger partial charge in [-0.1, -0.05) is 0 Å². The van der Waals surface area contributed by atoms with Crippen molar-refractivity contribution in [2.75, 3.05) is 39.5 Å². The van der Waals surface area contributed by atoms with E-state index in [1.807, 2.05) is 0 Å². The molecule has 25 heavy (non-hydrogen) atoms. The van der Waals surface area contributed by atoms with Gasteiger partial charge in [-0.2, -0.15) is 17.8 Å². The molecule has 9 nitrogen and oxygen atoms in total. The number of pyridine rings is 1. The summed E-state index contributed by atoms with van der Waals surface area (Å²) < 4.78 is 36.4. The zero-order valence-corrected chi connectivity index (χ0v) is 15.4. The van der Waals surface area contributed by atoms with Gasteiger partial charge in [0.05, 0.1) is 38.3 Å². The van der Waals surface area contributed by atoms with Crippen molar-refractivity contribution in [3.8, 4) is 0 Å². The lowest BCUT2D eigenvalue weighted by molar-refractivity contribution is -0.578. The Morgan fingerprint density at radius 3 is 2.24 bits per heavy atom. The topological polar surface area (TPSA) is 108 Å². The van der Waals surface area contributed by atoms with Crippen molar-refractivity contribution in [3.05, 3.63) is 30.1 Å². The summed E-state index contributed by atoms with van der Waals surface area (Å²) in [4.78, 5) is 26.6. The predicted octanol–water partition coefficient (Wildman–Crippen LogP) is 0.393. The van der Waals surface area contributed by atoms with Crippen LogP contribution in [0.1, 0.15) is 12.5 Å². The predicted molar refractivity (Wildman–Crippen MR) is 89.8 cm³/mol. The molecule has 1 N–H and O–H groups in total. The number of ether oxygens (including phenoxy) is 1. The summed E-state index contributed by atoms with van der Waals surface area (Å²) in [6, 6.07) is 2.93. The maximum Gasteiger partial charge on any atom is 0.497 e. The fraction of sp³-hybridized carbons (Fsp3) is 0.533. The van der Waals surface area contributed by atoms with Gasteiger partial charge in [-0.25, -0.2) is 9.69 Å². The minimum absolute atomic E-state index is 0.161. The molecule has 0 saturated carbocycles. The van der Waals surface area contributed by atoms with E-state index < -0.39 is 16.2 Å². The molecule has 0 aliphatic rings. The van der Waals surface area contributed by atoms with Gasteiger partial charge in [0.25, 0.3) is 10.1 Å². The quantitative estimate of drug-likeness (QED) is 0.546. The first-order chi connectivity index (χ1) is 11.6. The van der Waals surface area contributed by atoms with Gasteiger partial charge in [0.15, 0.2) is 0 Å². The molecule has 0 saturated heterocycles. The lowest BCUT2D eigenvalue weighted by Gasteiger charge is -2.17. The van der Waals surface area contributed by atoms with E-state index in [0.717, 1.165) is 0 Å². The fourth-order valence-electron chi connectivity index (χ4n) is 1.92. The lowest BCUT2D eigenvalue weighted by Crippen LogP contribution is -2.52. The molecular formula is C15H24N3O6S+. The van der Waals surface area contributed by atoms with Crippen molar-refractivity contribution in [2.24, 2.45) is 0 Å². The van der Waals surface area contributed by atoms with Crippen LogP contribution in [0, 0.1) is 0 Å². The summed E-state index contributed by atoms with van der Waals surface area (Å²) in [5.74, 6) is -0.370. The second kappa shape index (κ2) is 9.33. The molecule has 140 valence electrons. The molecule has 2 amide bonds. The van der Waals surface area contributed by atoms with Crippen LogP contribution in [0.15, 0.2) is 24.5 Å². The number of carbonyl (C=O) groups excluding carboxylic acids is 2. The van der Waals surface area contributed by atoms with Crippen LogP contribution in [0.2, 0.25) is 0 Å². The number of hydrogen-bond donors (Lipinski definition) is 1. The first-order valence-corrected chi connectivity index (χ1v) is 9.33. The zero-order chi connectivity index (χ0) is 19.0. The van der Waals surface area contributed by atoms with Crippen LogP contribution in [0.3, 0.4) is 0 Å². The average molecular weight is 374 g/mol. The van der Waals surface area contributed by atoms with E-state index in [1.54, 1.807) is 33.2 Å². The lowest BCUT2D eigenvalue weighted by atomic mass is 10.2. The largest absolute Gasteiger partial charge is 0.497 e. The highest BCUT2D eigenvalue weighted by molar-refractivity contribution is 7.85. The number of carbonyl (C=O) groups is 2. The molecule has 0 bridgehead atoms. The molecule has 0 aromatic carbocycles. The van der Waals surface area contributed by atoms with Crippen molar-refractivity contribution in [1.82, 2.24) is 9.80 Å². The summed E-state index contributed by atoms with van der Waals surface area (Å²) in [5.41, 5.74) is 0.686. The number of aromatic nitrogens is 1. The molecule has 0 aliphatic heterocycles. The molecule has 10 heteroatoms. The fourth-order valence-corrected chi connectivity index (χ4v) is 2.41. The van der Waals surface area contributed by atoms with E-state index in [2.05, 4.69) is 0 Å². The maximum absolute atomic E-state index is 12.3. The van der Waals surface area contributed by atoms with Crippen LogP contribution in [0.4, 0.5) is 9.59 Å². The smallest absolute Gasteiger partial charge is 0.450 e. The molecule has 0 unspecified atom stereocenters. The number of nitrogens with zero attached hydrogens (tertiary/aromatic N) is 3. The number of likely N-dealkylation sites (N-methyl/N-ethyl adjacent to an activating group) is 2. The van der Waals surface area contributed by atoms with Crippen molar-refractivity contribution >= 4 is 22.2 Å². The Kier molecular flexibility index (Phi) is 7.78. The first kappa shape index (κ1) is 20.8. The summed E-state index contributed by atoms with van der Waals surface area (Å²) in [6.45, 7) is 2.66. The molecule has 0 aliphatic carbocycles. The normalized spacial score (nSPS) is 11.0. The average Bonchev–Trinajstić information content (AvgIpc) is 2.56. The Balaban J connectivity index is 2.56. The SMILES string of the molecule is CCOC(=O)N(C)CCN(C)C(=O)[n+]1ccc(CCS(=O)(=O)O)cc1. The molecule has 0 atom stereocenters. The highest BCUT2D eigenvalue weighted by atomic mass is 32.2. The van der Waals surface area contributed by atoms with Gasteiger partial charge in [0.1, 0.15) is 6.54 Å². The third kappa shape index (κ3) is 7.48. The minimum Gasteiger partial charge on any atom is -0.450 e. The zero-order valence-electron chi connectivity index (χ0n) is 14.6. The van der Waals surface area contributed by atoms with Crippen LogP contribution in [-0.4, -0.2) is 74.4 Å². The minimum atomic E-state index is -4.01. The Morgan fingerprint density at radius 2 is 1.72 bits per heavy atom. The van der Waals surface area contributed by atoms with Gasteiger partial charge in [-0.15, -0.1) is 0 Å². The van der Waals surface area contributed by atoms with Crippen molar-refractivity contribution in [3.63, 3.8) is 0 Å². The Hall–Kier alpha value is -2.20. The molecule has 1 heterocycles. The van der Waals surface area contributed by atoms with E-state index in [4.69, 9.17) is 9.29 Å². The van der Waals surface area contributed by atoms with Crippen LogP contribution >= 0.6 is 0 Å². The van der Waals surface area contributed by atoms with Crippen molar-refractivity contribution in [2.45, 2.75) is 13.3 Å². The van der Waals surface area contributed by atoms with Gasteiger partial charge in [0, 0.05) is 7.05 Å². The summed E-state index contributed by atoms with van der Waals surface area (Å²) in [6.07, 6.45) is 2.76. The van der Waals surface area contributed by atoms with Crippen LogP contribution in [0.25, 0.3) is 0 Å². The van der Waals surface area contributed by atoms with E-state index in [1.165, 1.54) is 26.8 Å². The van der Waals surface area contributed by atoms with Gasteiger partial charge in [-0.3, -0.25) is 4.55 Å². The van der Waals surface area contributed by atoms with E-state index >= 15 is 0 Å². The number of rotatable bonds is 7. The molecule has 0 radical (unpaired) electrons. The second-order valence-electron chi connectivity index (χ2n) is 5.47. The molecule has 1 aromatic heterocycles. The standard InChI is InChI=1S/C15H23N3O6S/c1-4-24-15(20)17(3)11-10-16(2)14(19)18-8-5-13(6-9-18)7-12-25(21,22)23/h5-6,8-9H,4,7,10-12H2,1-3H3/p+1. The van der Waals surface area contributed by atoms with Gasteiger partial charge < -0.3 is 9.64 Å². The first-order valence-electron chi connectivity index (χ1n) is 7.72. The Labute approximate surface area is 147 Å². The Bertz CT molecular complexity index is 690. The van der Waals surface area contributed by atoms with Crippen molar-refractivity contribution < 1.29 is 31.9 Å². The Morgan fingerprint density at radius 1 is 1.16 bits per heavy atom. The van der Waals surface area contributed by atoms with Crippen molar-refractivity contribution in [1.29, 1.82) is 0 Å². The summed E-state index contributed by atoms with van der Waals surface area (Å²) in [5, 5.41) is 0. The van der Waals surface area contributed by atoms with Crippen LogP contribution in [0.5, 0.6) is 0 Å². The molecule has 0 fully saturated rings. The van der Waals surface area contributed by atoms with Gasteiger partial charge in [-0.05, 0) is 31.0 Å². The molecule has 0 spiro atoms. The molecule has 1 rings (SSSR count). The number of amides is 2. The molecule has 1 aromatic rings. The highest BCUT2D eigenvalue weighted by Gasteiger charge is 2.21. The number of aryl methyl sites for hydroxylation is 1. The third-order valence-corrected chi connectivity index (χ3v) is 4.16. The summed E-state index contributed by atoms with van der Waals surface area (Å²) >= 11 is 0. The van der Waals surface area contributed by atoms with Crippen LogP contribution < -0.4 is 4.57 Å².